The average molecular weight is 357 g/mol. The number of hydrogen-bond acceptors (Lipinski definition) is 5. The zero-order chi connectivity index (χ0) is 18.0. The van der Waals surface area contributed by atoms with Crippen LogP contribution in [0, 0.1) is 0 Å². The Labute approximate surface area is 150 Å². The van der Waals surface area contributed by atoms with Crippen molar-refractivity contribution in [2.24, 2.45) is 0 Å². The number of benzene rings is 2. The Kier molecular flexibility index (Phi) is 4.99. The largest absolute Gasteiger partial charge is 0.497 e. The van der Waals surface area contributed by atoms with Gasteiger partial charge in [-0.15, -0.1) is 0 Å². The van der Waals surface area contributed by atoms with Gasteiger partial charge in [-0.25, -0.2) is 0 Å². The Morgan fingerprint density at radius 3 is 2.56 bits per heavy atom. The quantitative estimate of drug-likeness (QED) is 0.747. The molecule has 1 aliphatic rings. The van der Waals surface area contributed by atoms with Gasteiger partial charge in [0.2, 0.25) is 0 Å². The molecule has 0 radical (unpaired) electrons. The van der Waals surface area contributed by atoms with Gasteiger partial charge in [0, 0.05) is 12.1 Å². The van der Waals surface area contributed by atoms with Crippen LogP contribution in [-0.2, 0) is 4.79 Å². The van der Waals surface area contributed by atoms with Gasteiger partial charge in [0.25, 0.3) is 11.1 Å². The molecule has 1 aliphatic heterocycles. The molecule has 0 atom stereocenters. The molecule has 0 N–H and O–H groups in total. The Morgan fingerprint density at radius 2 is 1.88 bits per heavy atom. The minimum Gasteiger partial charge on any atom is -0.497 e. The van der Waals surface area contributed by atoms with Gasteiger partial charge in [-0.2, -0.15) is 0 Å². The number of carbonyl (C=O) groups is 2. The highest BCUT2D eigenvalue weighted by atomic mass is 32.2. The van der Waals surface area contributed by atoms with Crippen molar-refractivity contribution in [2.75, 3.05) is 20.8 Å². The molecule has 130 valence electrons. The molecule has 25 heavy (non-hydrogen) atoms. The molecule has 2 aromatic rings. The number of hydrogen-bond donors (Lipinski definition) is 0. The third kappa shape index (κ3) is 3.22. The van der Waals surface area contributed by atoms with Crippen LogP contribution in [0.25, 0.3) is 16.8 Å². The van der Waals surface area contributed by atoms with E-state index in [0.717, 1.165) is 40.3 Å². The smallest absolute Gasteiger partial charge is 0.293 e. The van der Waals surface area contributed by atoms with Crippen LogP contribution in [-0.4, -0.2) is 36.8 Å². The molecule has 0 aliphatic carbocycles. The molecule has 3 rings (SSSR count). The number of carbonyl (C=O) groups excluding carboxylic acids is 2. The fourth-order valence-corrected chi connectivity index (χ4v) is 3.65. The number of thioether (sulfide) groups is 1. The van der Waals surface area contributed by atoms with Crippen molar-refractivity contribution in [3.63, 3.8) is 0 Å². The van der Waals surface area contributed by atoms with Gasteiger partial charge < -0.3 is 9.47 Å². The minimum absolute atomic E-state index is 0.227. The number of imide groups is 1. The molecule has 0 saturated carbocycles. The summed E-state index contributed by atoms with van der Waals surface area (Å²) in [6, 6.07) is 9.55. The number of ether oxygens (including phenoxy) is 2. The SMILES string of the molecule is CCCN1C(=O)SC(=Cc2c(OC)ccc3ccc(OC)cc23)C1=O. The second-order valence-corrected chi connectivity index (χ2v) is 6.60. The molecule has 0 aromatic heterocycles. The van der Waals surface area contributed by atoms with Crippen molar-refractivity contribution < 1.29 is 19.1 Å². The summed E-state index contributed by atoms with van der Waals surface area (Å²) < 4.78 is 10.8. The topological polar surface area (TPSA) is 55.8 Å². The standard InChI is InChI=1S/C19H19NO4S/c1-4-9-20-18(21)17(25-19(20)22)11-15-14-10-13(23-2)7-5-12(14)6-8-16(15)24-3/h5-8,10-11H,4,9H2,1-3H3. The van der Waals surface area contributed by atoms with Crippen LogP contribution in [0.15, 0.2) is 35.2 Å². The van der Waals surface area contributed by atoms with Crippen molar-refractivity contribution in [1.29, 1.82) is 0 Å². The molecule has 1 saturated heterocycles. The predicted octanol–water partition coefficient (Wildman–Crippen LogP) is 4.30. The molecular formula is C19H19NO4S. The highest BCUT2D eigenvalue weighted by Crippen LogP contribution is 2.37. The minimum atomic E-state index is -0.251. The number of methoxy groups -OCH3 is 2. The van der Waals surface area contributed by atoms with Crippen molar-refractivity contribution >= 4 is 39.8 Å². The maximum atomic E-state index is 12.5. The Morgan fingerprint density at radius 1 is 1.12 bits per heavy atom. The predicted molar refractivity (Wildman–Crippen MR) is 100 cm³/mol. The van der Waals surface area contributed by atoms with E-state index >= 15 is 0 Å². The van der Waals surface area contributed by atoms with Crippen LogP contribution in [0.3, 0.4) is 0 Å². The van der Waals surface area contributed by atoms with E-state index in [1.165, 1.54) is 4.90 Å². The van der Waals surface area contributed by atoms with Gasteiger partial charge in [0.05, 0.1) is 19.1 Å². The van der Waals surface area contributed by atoms with E-state index in [0.29, 0.717) is 17.2 Å². The first-order chi connectivity index (χ1) is 12.1. The first-order valence-corrected chi connectivity index (χ1v) is 8.80. The molecule has 2 amide bonds. The third-order valence-corrected chi connectivity index (χ3v) is 4.95. The molecule has 0 spiro atoms. The Bertz CT molecular complexity index is 870. The van der Waals surface area contributed by atoms with E-state index in [-0.39, 0.29) is 11.1 Å². The first-order valence-electron chi connectivity index (χ1n) is 7.99. The van der Waals surface area contributed by atoms with Gasteiger partial charge in [0.15, 0.2) is 0 Å². The van der Waals surface area contributed by atoms with E-state index in [9.17, 15) is 9.59 Å². The number of rotatable bonds is 5. The lowest BCUT2D eigenvalue weighted by molar-refractivity contribution is -0.122. The molecule has 1 heterocycles. The summed E-state index contributed by atoms with van der Waals surface area (Å²) in [7, 11) is 3.19. The monoisotopic (exact) mass is 357 g/mol. The lowest BCUT2D eigenvalue weighted by Crippen LogP contribution is -2.28. The summed E-state index contributed by atoms with van der Waals surface area (Å²) in [5.74, 6) is 1.11. The van der Waals surface area contributed by atoms with Crippen molar-refractivity contribution in [3.8, 4) is 11.5 Å². The van der Waals surface area contributed by atoms with E-state index in [2.05, 4.69) is 0 Å². The normalized spacial score (nSPS) is 16.1. The van der Waals surface area contributed by atoms with Gasteiger partial charge in [-0.05, 0) is 53.2 Å². The van der Waals surface area contributed by atoms with E-state index in [1.54, 1.807) is 20.3 Å². The number of fused-ring (bicyclic) bond motifs is 1. The molecule has 1 fully saturated rings. The van der Waals surface area contributed by atoms with E-state index in [4.69, 9.17) is 9.47 Å². The van der Waals surface area contributed by atoms with Gasteiger partial charge in [0.1, 0.15) is 11.5 Å². The molecular weight excluding hydrogens is 338 g/mol. The van der Waals surface area contributed by atoms with Gasteiger partial charge >= 0.3 is 0 Å². The molecule has 0 unspecified atom stereocenters. The van der Waals surface area contributed by atoms with Crippen molar-refractivity contribution in [1.82, 2.24) is 4.90 Å². The lowest BCUT2D eigenvalue weighted by atomic mass is 10.0. The highest BCUT2D eigenvalue weighted by molar-refractivity contribution is 8.18. The Balaban J connectivity index is 2.14. The molecule has 2 aromatic carbocycles. The van der Waals surface area contributed by atoms with Crippen LogP contribution in [0.4, 0.5) is 4.79 Å². The summed E-state index contributed by atoms with van der Waals surface area (Å²) >= 11 is 0.966. The lowest BCUT2D eigenvalue weighted by Gasteiger charge is -2.11. The maximum absolute atomic E-state index is 12.5. The van der Waals surface area contributed by atoms with Crippen LogP contribution in [0.2, 0.25) is 0 Å². The van der Waals surface area contributed by atoms with Crippen LogP contribution in [0.1, 0.15) is 18.9 Å². The summed E-state index contributed by atoms with van der Waals surface area (Å²) in [5, 5.41) is 1.68. The van der Waals surface area contributed by atoms with Crippen molar-refractivity contribution in [2.45, 2.75) is 13.3 Å². The maximum Gasteiger partial charge on any atom is 0.293 e. The summed E-state index contributed by atoms with van der Waals surface area (Å²) in [5.41, 5.74) is 0.765. The van der Waals surface area contributed by atoms with Gasteiger partial charge in [-0.1, -0.05) is 19.1 Å². The van der Waals surface area contributed by atoms with Crippen LogP contribution >= 0.6 is 11.8 Å². The average Bonchev–Trinajstić information content (AvgIpc) is 2.89. The van der Waals surface area contributed by atoms with Crippen molar-refractivity contribution in [3.05, 3.63) is 40.8 Å². The fraction of sp³-hybridized carbons (Fsp3) is 0.263. The fourth-order valence-electron chi connectivity index (χ4n) is 2.80. The summed E-state index contributed by atoms with van der Waals surface area (Å²) in [6.07, 6.45) is 2.47. The Hall–Kier alpha value is -2.47. The molecule has 0 bridgehead atoms. The third-order valence-electron chi connectivity index (χ3n) is 4.05. The number of nitrogens with zero attached hydrogens (tertiary/aromatic N) is 1. The second-order valence-electron chi connectivity index (χ2n) is 5.60. The van der Waals surface area contributed by atoms with E-state index in [1.807, 2.05) is 37.3 Å². The highest BCUT2D eigenvalue weighted by Gasteiger charge is 2.34. The first kappa shape index (κ1) is 17.4. The molecule has 6 heteroatoms. The van der Waals surface area contributed by atoms with E-state index < -0.39 is 0 Å². The van der Waals surface area contributed by atoms with Crippen LogP contribution in [0.5, 0.6) is 11.5 Å². The van der Waals surface area contributed by atoms with Crippen LogP contribution < -0.4 is 9.47 Å². The summed E-state index contributed by atoms with van der Waals surface area (Å²) in [4.78, 5) is 26.3. The molecule has 5 nitrogen and oxygen atoms in total. The number of amides is 2. The zero-order valence-corrected chi connectivity index (χ0v) is 15.2. The zero-order valence-electron chi connectivity index (χ0n) is 14.4. The van der Waals surface area contributed by atoms with Gasteiger partial charge in [-0.3, -0.25) is 14.5 Å². The second kappa shape index (κ2) is 7.19. The summed E-state index contributed by atoms with van der Waals surface area (Å²) in [6.45, 7) is 2.37.